The molecule has 0 aromatic carbocycles. The zero-order valence-corrected chi connectivity index (χ0v) is 18.6. The highest BCUT2D eigenvalue weighted by Crippen LogP contribution is 2.20. The van der Waals surface area contributed by atoms with Crippen molar-refractivity contribution in [3.05, 3.63) is 34.6 Å². The minimum atomic E-state index is -0.163. The Balaban J connectivity index is 1.24. The molecule has 1 N–H and O–H groups in total. The van der Waals surface area contributed by atoms with E-state index >= 15 is 0 Å². The van der Waals surface area contributed by atoms with Crippen LogP contribution >= 0.6 is 0 Å². The zero-order valence-electron chi connectivity index (χ0n) is 18.6. The third-order valence-corrected chi connectivity index (χ3v) is 6.40. The lowest BCUT2D eigenvalue weighted by atomic mass is 10.00. The molecule has 1 aliphatic heterocycles. The van der Waals surface area contributed by atoms with Crippen LogP contribution in [0.4, 0.5) is 0 Å². The van der Waals surface area contributed by atoms with E-state index < -0.39 is 0 Å². The van der Waals surface area contributed by atoms with Crippen molar-refractivity contribution in [3.63, 3.8) is 0 Å². The normalized spacial score (nSPS) is 17.5. The van der Waals surface area contributed by atoms with Crippen LogP contribution in [0.5, 0.6) is 0 Å². The quantitative estimate of drug-likeness (QED) is 0.531. The number of hydrogen-bond acceptors (Lipinski definition) is 5. The molecule has 31 heavy (non-hydrogen) atoms. The predicted octanol–water partition coefficient (Wildman–Crippen LogP) is 3.10. The van der Waals surface area contributed by atoms with Crippen LogP contribution in [-0.2, 0) is 11.3 Å². The van der Waals surface area contributed by atoms with E-state index in [9.17, 15) is 9.59 Å². The van der Waals surface area contributed by atoms with Crippen molar-refractivity contribution in [2.75, 3.05) is 19.6 Å². The first kappa shape index (κ1) is 21.6. The summed E-state index contributed by atoms with van der Waals surface area (Å²) in [5, 5.41) is 7.45. The van der Waals surface area contributed by atoms with Crippen LogP contribution in [-0.4, -0.2) is 50.7 Å². The van der Waals surface area contributed by atoms with Crippen LogP contribution in [0, 0.1) is 6.92 Å². The second-order valence-electron chi connectivity index (χ2n) is 8.51. The van der Waals surface area contributed by atoms with Gasteiger partial charge in [-0.05, 0) is 45.6 Å². The smallest absolute Gasteiger partial charge is 0.291 e. The highest BCUT2D eigenvalue weighted by Gasteiger charge is 2.20. The Morgan fingerprint density at radius 2 is 2.13 bits per heavy atom. The average Bonchev–Trinajstić information content (AvgIpc) is 3.36. The molecule has 168 valence electrons. The molecular weight excluding hydrogens is 394 g/mol. The molecule has 8 heteroatoms. The van der Waals surface area contributed by atoms with E-state index in [0.29, 0.717) is 43.1 Å². The first-order valence-corrected chi connectivity index (χ1v) is 11.6. The number of aromatic nitrogens is 3. The number of carbonyl (C=O) groups is 1. The van der Waals surface area contributed by atoms with Crippen LogP contribution in [0.3, 0.4) is 0 Å². The second-order valence-corrected chi connectivity index (χ2v) is 8.51. The Morgan fingerprint density at radius 3 is 2.97 bits per heavy atom. The standard InChI is InChI=1S/C23H33N5O3/c1-3-18-8-4-5-12-26(18)13-7-11-24-22(29)9-6-14-27-23(30)20-16-21-19(10-15-31-21)28(20)17(2)25-27/h10,15-16,18H,3-9,11-14H2,1-2H3,(H,24,29)/t18-/m0/s1. The van der Waals surface area contributed by atoms with E-state index in [2.05, 4.69) is 22.2 Å². The van der Waals surface area contributed by atoms with Crippen molar-refractivity contribution in [1.29, 1.82) is 0 Å². The first-order chi connectivity index (χ1) is 15.1. The Labute approximate surface area is 182 Å². The third kappa shape index (κ3) is 4.69. The topological polar surface area (TPSA) is 84.8 Å². The van der Waals surface area contributed by atoms with Gasteiger partial charge >= 0.3 is 0 Å². The molecule has 3 aromatic rings. The van der Waals surface area contributed by atoms with Gasteiger partial charge in [-0.15, -0.1) is 0 Å². The zero-order chi connectivity index (χ0) is 21.8. The van der Waals surface area contributed by atoms with Gasteiger partial charge in [-0.3, -0.25) is 14.0 Å². The molecule has 1 saturated heterocycles. The Morgan fingerprint density at radius 1 is 1.26 bits per heavy atom. The number of likely N-dealkylation sites (tertiary alicyclic amines) is 1. The van der Waals surface area contributed by atoms with Crippen LogP contribution in [0.1, 0.15) is 57.7 Å². The highest BCUT2D eigenvalue weighted by molar-refractivity contribution is 5.82. The number of piperidine rings is 1. The number of nitrogens with zero attached hydrogens (tertiary/aromatic N) is 4. The lowest BCUT2D eigenvalue weighted by molar-refractivity contribution is -0.121. The van der Waals surface area contributed by atoms with E-state index in [1.807, 2.05) is 17.4 Å². The summed E-state index contributed by atoms with van der Waals surface area (Å²) in [5.74, 6) is 0.760. The number of carbonyl (C=O) groups excluding carboxylic acids is 1. The van der Waals surface area contributed by atoms with E-state index in [4.69, 9.17) is 4.42 Å². The van der Waals surface area contributed by atoms with Gasteiger partial charge in [-0.1, -0.05) is 13.3 Å². The molecule has 4 heterocycles. The molecule has 8 nitrogen and oxygen atoms in total. The van der Waals surface area contributed by atoms with E-state index in [-0.39, 0.29) is 11.5 Å². The van der Waals surface area contributed by atoms with Crippen molar-refractivity contribution >= 4 is 22.5 Å². The number of aryl methyl sites for hydroxylation is 2. The van der Waals surface area contributed by atoms with Gasteiger partial charge < -0.3 is 14.6 Å². The molecule has 0 spiro atoms. The predicted molar refractivity (Wildman–Crippen MR) is 120 cm³/mol. The lowest BCUT2D eigenvalue weighted by Gasteiger charge is -2.35. The molecular formula is C23H33N5O3. The van der Waals surface area contributed by atoms with E-state index in [1.165, 1.54) is 36.9 Å². The maximum Gasteiger partial charge on any atom is 0.291 e. The van der Waals surface area contributed by atoms with Gasteiger partial charge in [0.05, 0.1) is 11.8 Å². The molecule has 1 aliphatic rings. The van der Waals surface area contributed by atoms with Crippen LogP contribution in [0.25, 0.3) is 16.6 Å². The molecule has 3 aromatic heterocycles. The summed E-state index contributed by atoms with van der Waals surface area (Å²) in [5.41, 5.74) is 1.91. The minimum absolute atomic E-state index is 0.0386. The highest BCUT2D eigenvalue weighted by atomic mass is 16.3. The fraction of sp³-hybridized carbons (Fsp3) is 0.609. The lowest BCUT2D eigenvalue weighted by Crippen LogP contribution is -2.40. The summed E-state index contributed by atoms with van der Waals surface area (Å²) in [6.45, 7) is 7.49. The van der Waals surface area contributed by atoms with Gasteiger partial charge in [-0.25, -0.2) is 4.68 Å². The molecule has 1 amide bonds. The SMILES string of the molecule is CC[C@H]1CCCCN1CCCNC(=O)CCCn1nc(C)n2c(cc3occc32)c1=O. The average molecular weight is 428 g/mol. The van der Waals surface area contributed by atoms with Crippen molar-refractivity contribution in [2.45, 2.75) is 71.4 Å². The molecule has 0 unspecified atom stereocenters. The summed E-state index contributed by atoms with van der Waals surface area (Å²) in [6.07, 6.45) is 8.70. The first-order valence-electron chi connectivity index (χ1n) is 11.6. The fourth-order valence-corrected chi connectivity index (χ4v) is 4.78. The molecule has 0 aliphatic carbocycles. The maximum atomic E-state index is 12.8. The molecule has 0 radical (unpaired) electrons. The van der Waals surface area contributed by atoms with Gasteiger partial charge in [0.2, 0.25) is 5.91 Å². The summed E-state index contributed by atoms with van der Waals surface area (Å²) < 4.78 is 8.68. The maximum absolute atomic E-state index is 12.8. The van der Waals surface area contributed by atoms with Gasteiger partial charge in [0, 0.05) is 44.2 Å². The van der Waals surface area contributed by atoms with Crippen molar-refractivity contribution in [2.24, 2.45) is 0 Å². The van der Waals surface area contributed by atoms with Crippen LogP contribution in [0.15, 0.2) is 27.6 Å². The summed E-state index contributed by atoms with van der Waals surface area (Å²) in [6, 6.07) is 4.29. The van der Waals surface area contributed by atoms with Crippen molar-refractivity contribution < 1.29 is 9.21 Å². The van der Waals surface area contributed by atoms with Gasteiger partial charge in [0.1, 0.15) is 11.3 Å². The molecule has 0 saturated carbocycles. The summed E-state index contributed by atoms with van der Waals surface area (Å²) in [4.78, 5) is 27.5. The number of rotatable bonds is 9. The fourth-order valence-electron chi connectivity index (χ4n) is 4.78. The number of amides is 1. The summed E-state index contributed by atoms with van der Waals surface area (Å²) in [7, 11) is 0. The van der Waals surface area contributed by atoms with Gasteiger partial charge in [-0.2, -0.15) is 5.10 Å². The monoisotopic (exact) mass is 427 g/mol. The van der Waals surface area contributed by atoms with Crippen LogP contribution in [0.2, 0.25) is 0 Å². The number of fused-ring (bicyclic) bond motifs is 3. The molecule has 4 rings (SSSR count). The second kappa shape index (κ2) is 9.68. The van der Waals surface area contributed by atoms with Gasteiger partial charge in [0.25, 0.3) is 5.56 Å². The Hall–Kier alpha value is -2.61. The van der Waals surface area contributed by atoms with Gasteiger partial charge in [0.15, 0.2) is 5.58 Å². The Kier molecular flexibility index (Phi) is 6.75. The Bertz CT molecular complexity index is 1100. The summed E-state index contributed by atoms with van der Waals surface area (Å²) >= 11 is 0. The number of furan rings is 1. The largest absolute Gasteiger partial charge is 0.463 e. The molecule has 0 bridgehead atoms. The van der Waals surface area contributed by atoms with Crippen molar-refractivity contribution in [1.82, 2.24) is 24.4 Å². The number of hydrogen-bond donors (Lipinski definition) is 1. The van der Waals surface area contributed by atoms with E-state index in [0.717, 1.165) is 24.3 Å². The molecule has 1 atom stereocenters. The van der Waals surface area contributed by atoms with Crippen molar-refractivity contribution in [3.8, 4) is 0 Å². The minimum Gasteiger partial charge on any atom is -0.463 e. The number of nitrogens with one attached hydrogen (secondary N) is 1. The van der Waals surface area contributed by atoms with E-state index in [1.54, 1.807) is 12.3 Å². The van der Waals surface area contributed by atoms with Crippen LogP contribution < -0.4 is 10.9 Å². The third-order valence-electron chi connectivity index (χ3n) is 6.40. The molecule has 1 fully saturated rings.